The SMILES string of the molecule is CCSCCOC(=O)C1=C(C)N(C)C(=O)N[C@@H]1c1ccccc1OCc1ccccc1. The fourth-order valence-electron chi connectivity index (χ4n) is 3.33. The third-order valence-electron chi connectivity index (χ3n) is 5.11. The molecule has 1 aliphatic rings. The molecule has 0 aromatic heterocycles. The van der Waals surface area contributed by atoms with Crippen molar-refractivity contribution >= 4 is 23.8 Å². The molecule has 1 N–H and O–H groups in total. The number of ether oxygens (including phenoxy) is 2. The fraction of sp³-hybridized carbons (Fsp3) is 0.333. The van der Waals surface area contributed by atoms with Gasteiger partial charge in [-0.25, -0.2) is 9.59 Å². The van der Waals surface area contributed by atoms with E-state index < -0.39 is 12.0 Å². The summed E-state index contributed by atoms with van der Waals surface area (Å²) in [6.45, 7) is 4.53. The van der Waals surface area contributed by atoms with Gasteiger partial charge in [0.1, 0.15) is 19.0 Å². The van der Waals surface area contributed by atoms with Crippen LogP contribution in [0.25, 0.3) is 0 Å². The minimum Gasteiger partial charge on any atom is -0.489 e. The first-order valence-corrected chi connectivity index (χ1v) is 11.4. The first kappa shape index (κ1) is 22.7. The lowest BCUT2D eigenvalue weighted by Gasteiger charge is -2.33. The Balaban J connectivity index is 1.88. The Morgan fingerprint density at radius 3 is 2.58 bits per heavy atom. The van der Waals surface area contributed by atoms with Crippen molar-refractivity contribution in [1.29, 1.82) is 0 Å². The molecule has 6 nitrogen and oxygen atoms in total. The zero-order valence-electron chi connectivity index (χ0n) is 18.1. The molecule has 7 heteroatoms. The second kappa shape index (κ2) is 10.9. The van der Waals surface area contributed by atoms with Gasteiger partial charge in [0.15, 0.2) is 0 Å². The average molecular weight is 441 g/mol. The number of hydrogen-bond acceptors (Lipinski definition) is 5. The van der Waals surface area contributed by atoms with Crippen LogP contribution < -0.4 is 10.1 Å². The fourth-order valence-corrected chi connectivity index (χ4v) is 3.82. The summed E-state index contributed by atoms with van der Waals surface area (Å²) >= 11 is 1.71. The van der Waals surface area contributed by atoms with Crippen LogP contribution in [0.15, 0.2) is 65.9 Å². The molecular formula is C24H28N2O4S. The molecule has 0 bridgehead atoms. The first-order valence-electron chi connectivity index (χ1n) is 10.3. The van der Waals surface area contributed by atoms with E-state index in [4.69, 9.17) is 9.47 Å². The molecule has 1 aliphatic heterocycles. The van der Waals surface area contributed by atoms with Crippen molar-refractivity contribution in [3.8, 4) is 5.75 Å². The Bertz CT molecular complexity index is 946. The van der Waals surface area contributed by atoms with Crippen LogP contribution in [0.5, 0.6) is 5.75 Å². The van der Waals surface area contributed by atoms with Crippen LogP contribution in [0.3, 0.4) is 0 Å². The minimum absolute atomic E-state index is 0.279. The maximum absolute atomic E-state index is 13.0. The van der Waals surface area contributed by atoms with Gasteiger partial charge in [-0.1, -0.05) is 55.5 Å². The molecule has 0 fully saturated rings. The summed E-state index contributed by atoms with van der Waals surface area (Å²) in [6.07, 6.45) is 0. The number of allylic oxidation sites excluding steroid dienone is 1. The first-order chi connectivity index (χ1) is 15.0. The van der Waals surface area contributed by atoms with E-state index in [0.29, 0.717) is 35.8 Å². The smallest absolute Gasteiger partial charge is 0.338 e. The highest BCUT2D eigenvalue weighted by atomic mass is 32.2. The number of carbonyl (C=O) groups is 2. The molecule has 2 aromatic carbocycles. The van der Waals surface area contributed by atoms with Gasteiger partial charge in [-0.2, -0.15) is 11.8 Å². The average Bonchev–Trinajstić information content (AvgIpc) is 2.79. The van der Waals surface area contributed by atoms with Gasteiger partial charge in [-0.15, -0.1) is 0 Å². The van der Waals surface area contributed by atoms with E-state index in [-0.39, 0.29) is 6.03 Å². The molecule has 0 spiro atoms. The van der Waals surface area contributed by atoms with Gasteiger partial charge in [0.2, 0.25) is 0 Å². The molecule has 0 unspecified atom stereocenters. The van der Waals surface area contributed by atoms with Gasteiger partial charge in [0.05, 0.1) is 11.6 Å². The van der Waals surface area contributed by atoms with Crippen molar-refractivity contribution in [2.45, 2.75) is 26.5 Å². The van der Waals surface area contributed by atoms with Crippen molar-refractivity contribution < 1.29 is 19.1 Å². The Morgan fingerprint density at radius 2 is 1.84 bits per heavy atom. The zero-order valence-corrected chi connectivity index (χ0v) is 18.9. The van der Waals surface area contributed by atoms with Gasteiger partial charge in [0, 0.05) is 24.1 Å². The Hall–Kier alpha value is -2.93. The largest absolute Gasteiger partial charge is 0.489 e. The molecule has 2 aromatic rings. The van der Waals surface area contributed by atoms with Crippen molar-refractivity contribution in [2.24, 2.45) is 0 Å². The second-order valence-electron chi connectivity index (χ2n) is 7.09. The minimum atomic E-state index is -0.651. The van der Waals surface area contributed by atoms with Crippen LogP contribution in [0.4, 0.5) is 4.79 Å². The summed E-state index contributed by atoms with van der Waals surface area (Å²) in [5, 5.41) is 2.93. The van der Waals surface area contributed by atoms with Crippen LogP contribution in [-0.2, 0) is 16.1 Å². The molecule has 1 heterocycles. The molecule has 3 rings (SSSR count). The van der Waals surface area contributed by atoms with E-state index in [1.807, 2.05) is 54.6 Å². The lowest BCUT2D eigenvalue weighted by Crippen LogP contribution is -2.46. The Labute approximate surface area is 187 Å². The number of amides is 2. The molecule has 164 valence electrons. The predicted octanol–water partition coefficient (Wildman–Crippen LogP) is 4.53. The molecule has 0 aliphatic carbocycles. The van der Waals surface area contributed by atoms with E-state index in [1.54, 1.807) is 25.7 Å². The van der Waals surface area contributed by atoms with Gasteiger partial charge >= 0.3 is 12.0 Å². The third kappa shape index (κ3) is 5.61. The molecule has 0 radical (unpaired) electrons. The number of nitrogens with one attached hydrogen (secondary N) is 1. The van der Waals surface area contributed by atoms with E-state index in [2.05, 4.69) is 12.2 Å². The molecule has 0 saturated carbocycles. The number of carbonyl (C=O) groups excluding carboxylic acids is 2. The van der Waals surface area contributed by atoms with Crippen LogP contribution in [0, 0.1) is 0 Å². The molecule has 0 saturated heterocycles. The molecule has 1 atom stereocenters. The Morgan fingerprint density at radius 1 is 1.13 bits per heavy atom. The van der Waals surface area contributed by atoms with E-state index in [0.717, 1.165) is 17.1 Å². The number of esters is 1. The maximum atomic E-state index is 13.0. The summed E-state index contributed by atoms with van der Waals surface area (Å²) in [5.74, 6) is 1.88. The quantitative estimate of drug-likeness (QED) is 0.458. The number of urea groups is 1. The van der Waals surface area contributed by atoms with Crippen molar-refractivity contribution in [3.05, 3.63) is 77.0 Å². The van der Waals surface area contributed by atoms with E-state index >= 15 is 0 Å². The van der Waals surface area contributed by atoms with E-state index in [9.17, 15) is 9.59 Å². The number of nitrogens with zero attached hydrogens (tertiary/aromatic N) is 1. The van der Waals surface area contributed by atoms with Crippen molar-refractivity contribution in [3.63, 3.8) is 0 Å². The third-order valence-corrected chi connectivity index (χ3v) is 5.97. The zero-order chi connectivity index (χ0) is 22.2. The monoisotopic (exact) mass is 440 g/mol. The van der Waals surface area contributed by atoms with Gasteiger partial charge < -0.3 is 19.7 Å². The van der Waals surface area contributed by atoms with Crippen LogP contribution in [0.1, 0.15) is 31.0 Å². The number of thioether (sulfide) groups is 1. The highest BCUT2D eigenvalue weighted by Crippen LogP contribution is 2.35. The molecular weight excluding hydrogens is 412 g/mol. The van der Waals surface area contributed by atoms with Gasteiger partial charge in [-0.3, -0.25) is 0 Å². The van der Waals surface area contributed by atoms with Crippen LogP contribution >= 0.6 is 11.8 Å². The van der Waals surface area contributed by atoms with Crippen LogP contribution in [-0.4, -0.2) is 42.1 Å². The molecule has 31 heavy (non-hydrogen) atoms. The summed E-state index contributed by atoms with van der Waals surface area (Å²) in [4.78, 5) is 27.0. The second-order valence-corrected chi connectivity index (χ2v) is 8.48. The van der Waals surface area contributed by atoms with Crippen molar-refractivity contribution in [2.75, 3.05) is 25.2 Å². The normalized spacial score (nSPS) is 16.2. The highest BCUT2D eigenvalue weighted by molar-refractivity contribution is 7.99. The summed E-state index contributed by atoms with van der Waals surface area (Å²) < 4.78 is 11.6. The standard InChI is InChI=1S/C24H28N2O4S/c1-4-31-15-14-29-23(27)21-17(2)26(3)24(28)25-22(21)19-12-8-9-13-20(19)30-16-18-10-6-5-7-11-18/h5-13,22H,4,14-16H2,1-3H3,(H,25,28)/t22-/m1/s1. The number of hydrogen-bond donors (Lipinski definition) is 1. The lowest BCUT2D eigenvalue weighted by molar-refractivity contribution is -0.139. The molecule has 2 amide bonds. The maximum Gasteiger partial charge on any atom is 0.338 e. The summed E-state index contributed by atoms with van der Waals surface area (Å²) in [5.41, 5.74) is 2.73. The summed E-state index contributed by atoms with van der Waals surface area (Å²) in [6, 6.07) is 16.4. The number of para-hydroxylation sites is 1. The number of benzene rings is 2. The highest BCUT2D eigenvalue weighted by Gasteiger charge is 2.36. The van der Waals surface area contributed by atoms with E-state index in [1.165, 1.54) is 4.90 Å². The lowest BCUT2D eigenvalue weighted by atomic mass is 9.94. The summed E-state index contributed by atoms with van der Waals surface area (Å²) in [7, 11) is 1.64. The van der Waals surface area contributed by atoms with Gasteiger partial charge in [0.25, 0.3) is 0 Å². The van der Waals surface area contributed by atoms with Crippen molar-refractivity contribution in [1.82, 2.24) is 10.2 Å². The van der Waals surface area contributed by atoms with Gasteiger partial charge in [-0.05, 0) is 24.3 Å². The topological polar surface area (TPSA) is 67.9 Å². The Kier molecular flexibility index (Phi) is 8.00. The van der Waals surface area contributed by atoms with Crippen LogP contribution in [0.2, 0.25) is 0 Å². The number of rotatable bonds is 9. The predicted molar refractivity (Wildman–Crippen MR) is 123 cm³/mol.